The molecule has 4 aliphatic rings. The summed E-state index contributed by atoms with van der Waals surface area (Å²) in [5.74, 6) is 3.34. The Morgan fingerprint density at radius 3 is 2.38 bits per heavy atom. The van der Waals surface area contributed by atoms with E-state index in [0.717, 1.165) is 24.3 Å². The highest BCUT2D eigenvalue weighted by molar-refractivity contribution is 5.90. The van der Waals surface area contributed by atoms with Gasteiger partial charge >= 0.3 is 5.97 Å². The molecule has 1 unspecified atom stereocenters. The van der Waals surface area contributed by atoms with Crippen molar-refractivity contribution in [2.45, 2.75) is 44.6 Å². The number of ether oxygens (including phenoxy) is 3. The lowest BCUT2D eigenvalue weighted by molar-refractivity contribution is -0.0524. The molecule has 4 saturated carbocycles. The summed E-state index contributed by atoms with van der Waals surface area (Å²) in [5, 5.41) is 13.9. The number of rotatable bonds is 9. The zero-order valence-electron chi connectivity index (χ0n) is 17.5. The second-order valence-electron chi connectivity index (χ2n) is 9.37. The molecule has 5 rings (SSSR count). The Morgan fingerprint density at radius 2 is 1.79 bits per heavy atom. The van der Waals surface area contributed by atoms with Gasteiger partial charge in [-0.2, -0.15) is 0 Å². The zero-order valence-corrected chi connectivity index (χ0v) is 17.5. The third kappa shape index (κ3) is 4.53. The number of hydrogen-bond donors (Lipinski definition) is 2. The summed E-state index contributed by atoms with van der Waals surface area (Å²) < 4.78 is 15.8. The summed E-state index contributed by atoms with van der Waals surface area (Å²) in [7, 11) is 2.86. The van der Waals surface area contributed by atoms with Gasteiger partial charge in [-0.25, -0.2) is 4.79 Å². The van der Waals surface area contributed by atoms with E-state index in [-0.39, 0.29) is 6.61 Å². The van der Waals surface area contributed by atoms with Crippen LogP contribution in [-0.4, -0.2) is 51.1 Å². The van der Waals surface area contributed by atoms with Crippen LogP contribution >= 0.6 is 0 Å². The molecule has 4 aliphatic carbocycles. The van der Waals surface area contributed by atoms with Crippen LogP contribution in [0.1, 0.15) is 48.9 Å². The van der Waals surface area contributed by atoms with Gasteiger partial charge in [-0.3, -0.25) is 0 Å². The predicted molar refractivity (Wildman–Crippen MR) is 109 cm³/mol. The van der Waals surface area contributed by atoms with Gasteiger partial charge in [-0.05, 0) is 79.9 Å². The lowest BCUT2D eigenvalue weighted by Gasteiger charge is -2.57. The van der Waals surface area contributed by atoms with Crippen molar-refractivity contribution in [1.82, 2.24) is 5.32 Å². The van der Waals surface area contributed by atoms with Crippen molar-refractivity contribution >= 4 is 5.97 Å². The van der Waals surface area contributed by atoms with Crippen molar-refractivity contribution in [1.29, 1.82) is 0 Å². The van der Waals surface area contributed by atoms with Crippen molar-refractivity contribution in [3.63, 3.8) is 0 Å². The number of carbonyl (C=O) groups excluding carboxylic acids is 1. The van der Waals surface area contributed by atoms with Gasteiger partial charge in [0.15, 0.2) is 11.5 Å². The Bertz CT molecular complexity index is 699. The molecule has 0 spiro atoms. The van der Waals surface area contributed by atoms with E-state index in [4.69, 9.17) is 14.2 Å². The maximum Gasteiger partial charge on any atom is 0.337 e. The first-order valence-corrected chi connectivity index (χ1v) is 10.8. The first-order valence-electron chi connectivity index (χ1n) is 10.8. The molecule has 0 radical (unpaired) electrons. The summed E-state index contributed by atoms with van der Waals surface area (Å²) in [6, 6.07) is 4.88. The Balaban J connectivity index is 1.24. The number of aliphatic hydroxyl groups is 1. The summed E-state index contributed by atoms with van der Waals surface area (Å²) >= 11 is 0. The second-order valence-corrected chi connectivity index (χ2v) is 9.37. The van der Waals surface area contributed by atoms with E-state index in [1.807, 2.05) is 0 Å². The summed E-state index contributed by atoms with van der Waals surface area (Å²) in [6.07, 6.45) is 7.84. The highest BCUT2D eigenvalue weighted by Gasteiger charge is 2.50. The molecule has 0 saturated heterocycles. The molecule has 1 atom stereocenters. The minimum atomic E-state index is -0.603. The van der Waals surface area contributed by atoms with Crippen LogP contribution in [0.15, 0.2) is 18.2 Å². The van der Waals surface area contributed by atoms with E-state index in [1.165, 1.54) is 52.7 Å². The van der Waals surface area contributed by atoms with Crippen molar-refractivity contribution in [2.24, 2.45) is 23.2 Å². The van der Waals surface area contributed by atoms with Gasteiger partial charge in [-0.1, -0.05) is 0 Å². The molecule has 6 heteroatoms. The van der Waals surface area contributed by atoms with Gasteiger partial charge in [0.2, 0.25) is 0 Å². The van der Waals surface area contributed by atoms with Crippen molar-refractivity contribution in [3.05, 3.63) is 23.8 Å². The van der Waals surface area contributed by atoms with Crippen LogP contribution in [0, 0.1) is 23.2 Å². The molecule has 1 aromatic carbocycles. The van der Waals surface area contributed by atoms with Crippen molar-refractivity contribution in [3.8, 4) is 11.5 Å². The number of aliphatic hydroxyl groups excluding tert-OH is 1. The van der Waals surface area contributed by atoms with Crippen LogP contribution in [0.3, 0.4) is 0 Å². The Kier molecular flexibility index (Phi) is 6.02. The van der Waals surface area contributed by atoms with Crippen LogP contribution in [0.2, 0.25) is 0 Å². The van der Waals surface area contributed by atoms with Crippen molar-refractivity contribution in [2.75, 3.05) is 33.9 Å². The largest absolute Gasteiger partial charge is 0.493 e. The summed E-state index contributed by atoms with van der Waals surface area (Å²) in [6.45, 7) is 1.69. The molecule has 0 heterocycles. The Labute approximate surface area is 172 Å². The lowest BCUT2D eigenvalue weighted by atomic mass is 9.49. The quantitative estimate of drug-likeness (QED) is 0.617. The molecule has 160 valence electrons. The predicted octanol–water partition coefficient (Wildman–Crippen LogP) is 3.03. The van der Waals surface area contributed by atoms with Gasteiger partial charge in [0.05, 0.1) is 19.8 Å². The molecule has 6 nitrogen and oxygen atoms in total. The second kappa shape index (κ2) is 8.52. The SMILES string of the molecule is COC(=O)c1ccc(OCC(O)CNCC23CC4CC(CC(C4)C2)C3)c(OC)c1. The molecule has 0 amide bonds. The molecule has 2 N–H and O–H groups in total. The monoisotopic (exact) mass is 403 g/mol. The fourth-order valence-electron chi connectivity index (χ4n) is 6.29. The molecule has 0 aromatic heterocycles. The molecule has 29 heavy (non-hydrogen) atoms. The van der Waals surface area contributed by atoms with E-state index in [0.29, 0.717) is 29.0 Å². The number of methoxy groups -OCH3 is 2. The molecule has 4 fully saturated rings. The maximum atomic E-state index is 11.6. The Morgan fingerprint density at radius 1 is 1.14 bits per heavy atom. The van der Waals surface area contributed by atoms with Gasteiger partial charge in [0, 0.05) is 13.1 Å². The average Bonchev–Trinajstić information content (AvgIpc) is 2.70. The molecular formula is C23H33NO5. The van der Waals surface area contributed by atoms with E-state index in [2.05, 4.69) is 5.32 Å². The number of hydrogen-bond acceptors (Lipinski definition) is 6. The highest BCUT2D eigenvalue weighted by atomic mass is 16.5. The van der Waals surface area contributed by atoms with Crippen LogP contribution in [0.25, 0.3) is 0 Å². The van der Waals surface area contributed by atoms with Crippen molar-refractivity contribution < 1.29 is 24.1 Å². The topological polar surface area (TPSA) is 77.0 Å². The smallest absolute Gasteiger partial charge is 0.337 e. The molecule has 1 aromatic rings. The van der Waals surface area contributed by atoms with Gasteiger partial charge in [-0.15, -0.1) is 0 Å². The van der Waals surface area contributed by atoms with Gasteiger partial charge in [0.25, 0.3) is 0 Å². The standard InChI is InChI=1S/C23H33NO5/c1-27-21-8-18(22(26)28-2)3-4-20(21)29-13-19(25)12-24-14-23-9-15-5-16(10-23)7-17(6-15)11-23/h3-4,8,15-17,19,24-25H,5-7,9-14H2,1-2H3. The first-order chi connectivity index (χ1) is 14.0. The van der Waals surface area contributed by atoms with Gasteiger partial charge < -0.3 is 24.6 Å². The van der Waals surface area contributed by atoms with Crippen LogP contribution in [0.5, 0.6) is 11.5 Å². The summed E-state index contributed by atoms with van der Waals surface area (Å²) in [4.78, 5) is 11.6. The minimum Gasteiger partial charge on any atom is -0.493 e. The zero-order chi connectivity index (χ0) is 20.4. The summed E-state index contributed by atoms with van der Waals surface area (Å²) in [5.41, 5.74) is 0.858. The molecule has 4 bridgehead atoms. The van der Waals surface area contributed by atoms with E-state index < -0.39 is 12.1 Å². The van der Waals surface area contributed by atoms with E-state index in [1.54, 1.807) is 18.2 Å². The highest BCUT2D eigenvalue weighted by Crippen LogP contribution is 2.59. The number of benzene rings is 1. The third-order valence-electron chi connectivity index (χ3n) is 7.06. The average molecular weight is 404 g/mol. The first kappa shape index (κ1) is 20.5. The van der Waals surface area contributed by atoms with Gasteiger partial charge in [0.1, 0.15) is 12.7 Å². The van der Waals surface area contributed by atoms with E-state index in [9.17, 15) is 9.90 Å². The maximum absolute atomic E-state index is 11.6. The fraction of sp³-hybridized carbons (Fsp3) is 0.696. The molecular weight excluding hydrogens is 370 g/mol. The fourth-order valence-corrected chi connectivity index (χ4v) is 6.29. The van der Waals surface area contributed by atoms with Crippen LogP contribution < -0.4 is 14.8 Å². The van der Waals surface area contributed by atoms with E-state index >= 15 is 0 Å². The minimum absolute atomic E-state index is 0.168. The third-order valence-corrected chi connectivity index (χ3v) is 7.06. The number of nitrogens with one attached hydrogen (secondary N) is 1. The van der Waals surface area contributed by atoms with Crippen LogP contribution in [0.4, 0.5) is 0 Å². The number of esters is 1. The molecule has 0 aliphatic heterocycles. The Hall–Kier alpha value is -1.79. The number of carbonyl (C=O) groups is 1. The normalized spacial score (nSPS) is 30.8. The lowest BCUT2D eigenvalue weighted by Crippen LogP contribution is -2.51. The van der Waals surface area contributed by atoms with Crippen LogP contribution in [-0.2, 0) is 4.74 Å².